The number of anilines is 1. The molecule has 0 amide bonds. The summed E-state index contributed by atoms with van der Waals surface area (Å²) < 4.78 is 17.7. The summed E-state index contributed by atoms with van der Waals surface area (Å²) in [4.78, 5) is 25.8. The van der Waals surface area contributed by atoms with Crippen molar-refractivity contribution in [2.75, 3.05) is 18.6 Å². The molecule has 0 bridgehead atoms. The van der Waals surface area contributed by atoms with E-state index >= 15 is 0 Å². The number of esters is 1. The van der Waals surface area contributed by atoms with Gasteiger partial charge in [0.1, 0.15) is 5.82 Å². The van der Waals surface area contributed by atoms with E-state index < -0.39 is 5.97 Å². The zero-order chi connectivity index (χ0) is 15.7. The predicted molar refractivity (Wildman–Crippen MR) is 79.6 cm³/mol. The molecule has 2 aromatic rings. The first-order valence-electron chi connectivity index (χ1n) is 6.83. The molecular weight excluding hydrogens is 285 g/mol. The minimum Gasteiger partial charge on any atom is -0.465 e. The molecule has 0 unspecified atom stereocenters. The maximum Gasteiger partial charge on any atom is 0.337 e. The molecule has 0 aliphatic carbocycles. The average molecular weight is 299 g/mol. The third-order valence-corrected chi connectivity index (χ3v) is 3.72. The molecule has 0 saturated heterocycles. The van der Waals surface area contributed by atoms with Gasteiger partial charge in [0.15, 0.2) is 5.78 Å². The fourth-order valence-corrected chi connectivity index (χ4v) is 2.57. The summed E-state index contributed by atoms with van der Waals surface area (Å²) in [6.07, 6.45) is 0. The molecule has 0 radical (unpaired) electrons. The summed E-state index contributed by atoms with van der Waals surface area (Å²) in [7, 11) is 1.31. The van der Waals surface area contributed by atoms with Gasteiger partial charge in [-0.3, -0.25) is 4.79 Å². The number of hydrogen-bond donors (Lipinski definition) is 0. The summed E-state index contributed by atoms with van der Waals surface area (Å²) >= 11 is 0. The summed E-state index contributed by atoms with van der Waals surface area (Å²) in [5.41, 5.74) is 2.54. The van der Waals surface area contributed by atoms with E-state index in [0.29, 0.717) is 17.7 Å². The SMILES string of the molecule is COC(=O)c1ccc2c(c1)C(=O)CN(c1ccc(F)cc1)C2. The van der Waals surface area contributed by atoms with Crippen molar-refractivity contribution in [3.63, 3.8) is 0 Å². The van der Waals surface area contributed by atoms with Crippen LogP contribution in [0.4, 0.5) is 10.1 Å². The number of nitrogens with zero attached hydrogens (tertiary/aromatic N) is 1. The van der Waals surface area contributed by atoms with E-state index in [2.05, 4.69) is 4.74 Å². The van der Waals surface area contributed by atoms with Crippen molar-refractivity contribution in [1.29, 1.82) is 0 Å². The van der Waals surface area contributed by atoms with Crippen LogP contribution in [0.2, 0.25) is 0 Å². The van der Waals surface area contributed by atoms with Crippen LogP contribution in [-0.2, 0) is 11.3 Å². The number of rotatable bonds is 2. The van der Waals surface area contributed by atoms with Crippen LogP contribution in [0.1, 0.15) is 26.3 Å². The van der Waals surface area contributed by atoms with Crippen LogP contribution in [-0.4, -0.2) is 25.4 Å². The van der Waals surface area contributed by atoms with E-state index in [4.69, 9.17) is 0 Å². The van der Waals surface area contributed by atoms with Crippen LogP contribution in [0, 0.1) is 5.82 Å². The Morgan fingerprint density at radius 3 is 2.55 bits per heavy atom. The summed E-state index contributed by atoms with van der Waals surface area (Å²) in [5, 5.41) is 0. The smallest absolute Gasteiger partial charge is 0.337 e. The van der Waals surface area contributed by atoms with Crippen molar-refractivity contribution in [3.8, 4) is 0 Å². The van der Waals surface area contributed by atoms with Crippen LogP contribution in [0.25, 0.3) is 0 Å². The standard InChI is InChI=1S/C17H14FNO3/c1-22-17(21)11-2-3-12-9-19(10-16(20)15(12)8-11)14-6-4-13(18)5-7-14/h2-8H,9-10H2,1H3. The Balaban J connectivity index is 1.91. The molecular formula is C17H14FNO3. The van der Waals surface area contributed by atoms with Crippen LogP contribution < -0.4 is 4.90 Å². The first kappa shape index (κ1) is 14.3. The Bertz CT molecular complexity index is 740. The Morgan fingerprint density at radius 1 is 1.14 bits per heavy atom. The highest BCUT2D eigenvalue weighted by atomic mass is 19.1. The fraction of sp³-hybridized carbons (Fsp3) is 0.176. The number of fused-ring (bicyclic) bond motifs is 1. The van der Waals surface area contributed by atoms with Crippen molar-refractivity contribution >= 4 is 17.4 Å². The predicted octanol–water partition coefficient (Wildman–Crippen LogP) is 2.82. The van der Waals surface area contributed by atoms with Gasteiger partial charge in [0.05, 0.1) is 19.2 Å². The van der Waals surface area contributed by atoms with Gasteiger partial charge in [-0.15, -0.1) is 0 Å². The van der Waals surface area contributed by atoms with Crippen LogP contribution >= 0.6 is 0 Å². The van der Waals surface area contributed by atoms with Crippen LogP contribution in [0.15, 0.2) is 42.5 Å². The monoisotopic (exact) mass is 299 g/mol. The molecule has 112 valence electrons. The first-order valence-corrected chi connectivity index (χ1v) is 6.83. The Kier molecular flexibility index (Phi) is 3.63. The lowest BCUT2D eigenvalue weighted by atomic mass is 9.96. The highest BCUT2D eigenvalue weighted by molar-refractivity contribution is 6.04. The van der Waals surface area contributed by atoms with E-state index in [1.54, 1.807) is 30.3 Å². The number of carbonyl (C=O) groups excluding carboxylic acids is 2. The maximum atomic E-state index is 13.0. The average Bonchev–Trinajstić information content (AvgIpc) is 2.54. The molecule has 0 saturated carbocycles. The van der Waals surface area contributed by atoms with Gasteiger partial charge in [-0.2, -0.15) is 0 Å². The fourth-order valence-electron chi connectivity index (χ4n) is 2.57. The maximum absolute atomic E-state index is 13.0. The molecule has 5 heteroatoms. The highest BCUT2D eigenvalue weighted by Crippen LogP contribution is 2.25. The number of ketones is 1. The minimum atomic E-state index is -0.462. The second kappa shape index (κ2) is 5.60. The summed E-state index contributed by atoms with van der Waals surface area (Å²) in [6, 6.07) is 11.0. The third-order valence-electron chi connectivity index (χ3n) is 3.72. The van der Waals surface area contributed by atoms with Crippen molar-refractivity contribution in [2.24, 2.45) is 0 Å². The molecule has 22 heavy (non-hydrogen) atoms. The lowest BCUT2D eigenvalue weighted by Gasteiger charge is -2.29. The van der Waals surface area contributed by atoms with E-state index in [9.17, 15) is 14.0 Å². The van der Waals surface area contributed by atoms with Crippen molar-refractivity contribution in [1.82, 2.24) is 0 Å². The normalized spacial score (nSPS) is 13.7. The quantitative estimate of drug-likeness (QED) is 0.800. The van der Waals surface area contributed by atoms with Gasteiger partial charge in [-0.25, -0.2) is 9.18 Å². The number of methoxy groups -OCH3 is 1. The van der Waals surface area contributed by atoms with Crippen LogP contribution in [0.5, 0.6) is 0 Å². The Morgan fingerprint density at radius 2 is 1.86 bits per heavy atom. The molecule has 0 aromatic heterocycles. The van der Waals surface area contributed by atoms with Gasteiger partial charge in [0.2, 0.25) is 0 Å². The Hall–Kier alpha value is -2.69. The Labute approximate surface area is 127 Å². The van der Waals surface area contributed by atoms with E-state index in [0.717, 1.165) is 11.3 Å². The second-order valence-corrected chi connectivity index (χ2v) is 5.12. The van der Waals surface area contributed by atoms with E-state index in [-0.39, 0.29) is 18.1 Å². The van der Waals surface area contributed by atoms with Crippen molar-refractivity contribution in [2.45, 2.75) is 6.54 Å². The van der Waals surface area contributed by atoms with E-state index in [1.807, 2.05) is 4.90 Å². The van der Waals surface area contributed by atoms with Gasteiger partial charge >= 0.3 is 5.97 Å². The lowest BCUT2D eigenvalue weighted by Crippen LogP contribution is -2.35. The van der Waals surface area contributed by atoms with Gasteiger partial charge in [-0.1, -0.05) is 6.07 Å². The number of hydrogen-bond acceptors (Lipinski definition) is 4. The molecule has 1 heterocycles. The molecule has 0 spiro atoms. The molecule has 0 atom stereocenters. The second-order valence-electron chi connectivity index (χ2n) is 5.12. The molecule has 3 rings (SSSR count). The zero-order valence-electron chi connectivity index (χ0n) is 12.0. The third kappa shape index (κ3) is 2.57. The molecule has 1 aliphatic rings. The van der Waals surface area contributed by atoms with Crippen molar-refractivity contribution < 1.29 is 18.7 Å². The molecule has 1 aliphatic heterocycles. The number of benzene rings is 2. The summed E-state index contributed by atoms with van der Waals surface area (Å²) in [5.74, 6) is -0.844. The molecule has 2 aromatic carbocycles. The van der Waals surface area contributed by atoms with Gasteiger partial charge in [-0.05, 0) is 42.0 Å². The van der Waals surface area contributed by atoms with Gasteiger partial charge < -0.3 is 9.64 Å². The largest absolute Gasteiger partial charge is 0.465 e. The van der Waals surface area contributed by atoms with Crippen LogP contribution in [0.3, 0.4) is 0 Å². The summed E-state index contributed by atoms with van der Waals surface area (Å²) in [6.45, 7) is 0.734. The molecule has 4 nitrogen and oxygen atoms in total. The number of carbonyl (C=O) groups is 2. The lowest BCUT2D eigenvalue weighted by molar-refractivity contribution is 0.0600. The van der Waals surface area contributed by atoms with Gasteiger partial charge in [0, 0.05) is 17.8 Å². The molecule has 0 fully saturated rings. The number of ether oxygens (including phenoxy) is 1. The number of halogens is 1. The zero-order valence-corrected chi connectivity index (χ0v) is 12.0. The minimum absolute atomic E-state index is 0.0728. The highest BCUT2D eigenvalue weighted by Gasteiger charge is 2.24. The number of Topliss-reactive ketones (excluding diaryl/α,β-unsaturated/α-hetero) is 1. The van der Waals surface area contributed by atoms with Crippen molar-refractivity contribution in [3.05, 3.63) is 65.0 Å². The molecule has 0 N–H and O–H groups in total. The van der Waals surface area contributed by atoms with E-state index in [1.165, 1.54) is 19.2 Å². The topological polar surface area (TPSA) is 46.6 Å². The van der Waals surface area contributed by atoms with Gasteiger partial charge in [0.25, 0.3) is 0 Å². The first-order chi connectivity index (χ1) is 10.6.